The van der Waals surface area contributed by atoms with Gasteiger partial charge >= 0.3 is 5.97 Å². The molecule has 6 nitrogen and oxygen atoms in total. The van der Waals surface area contributed by atoms with Crippen LogP contribution in [0.4, 0.5) is 0 Å². The first-order valence-electron chi connectivity index (χ1n) is 8.00. The van der Waals surface area contributed by atoms with Gasteiger partial charge in [-0.15, -0.1) is 0 Å². The second-order valence-corrected chi connectivity index (χ2v) is 5.99. The number of nitrogens with zero attached hydrogens (tertiary/aromatic N) is 1. The van der Waals surface area contributed by atoms with Gasteiger partial charge in [0.15, 0.2) is 6.61 Å². The number of benzene rings is 2. The quantitative estimate of drug-likeness (QED) is 0.363. The molecule has 1 aromatic heterocycles. The molecule has 0 bridgehead atoms. The number of fused-ring (bicyclic) bond motifs is 1. The predicted molar refractivity (Wildman–Crippen MR) is 101 cm³/mol. The second kappa shape index (κ2) is 8.05. The lowest BCUT2D eigenvalue weighted by atomic mass is 10.1. The molecule has 27 heavy (non-hydrogen) atoms. The van der Waals surface area contributed by atoms with Crippen molar-refractivity contribution in [3.8, 4) is 11.5 Å². The molecule has 0 spiro atoms. The van der Waals surface area contributed by atoms with Crippen molar-refractivity contribution in [3.05, 3.63) is 64.8 Å². The van der Waals surface area contributed by atoms with E-state index in [4.69, 9.17) is 25.8 Å². The van der Waals surface area contributed by atoms with Gasteiger partial charge in [-0.3, -0.25) is 4.79 Å². The Labute approximate surface area is 160 Å². The molecule has 1 heterocycles. The van der Waals surface area contributed by atoms with Gasteiger partial charge < -0.3 is 14.2 Å². The highest BCUT2D eigenvalue weighted by Gasteiger charge is 2.16. The smallest absolute Gasteiger partial charge is 0.338 e. The Morgan fingerprint density at radius 3 is 2.56 bits per heavy atom. The van der Waals surface area contributed by atoms with E-state index >= 15 is 0 Å². The normalized spacial score (nSPS) is 10.5. The number of pyridine rings is 1. The number of carbonyl (C=O) groups excluding carboxylic acids is 2. The van der Waals surface area contributed by atoms with Crippen LogP contribution >= 0.6 is 11.6 Å². The molecule has 3 rings (SSSR count). The fourth-order valence-corrected chi connectivity index (χ4v) is 2.70. The molecule has 0 atom stereocenters. The summed E-state index contributed by atoms with van der Waals surface area (Å²) in [5.41, 5.74) is 1.29. The van der Waals surface area contributed by atoms with Crippen LogP contribution in [0, 0.1) is 0 Å². The molecule has 0 saturated heterocycles. The van der Waals surface area contributed by atoms with E-state index in [9.17, 15) is 9.59 Å². The van der Waals surface area contributed by atoms with Gasteiger partial charge in [-0.05, 0) is 42.5 Å². The summed E-state index contributed by atoms with van der Waals surface area (Å²) in [6.07, 6.45) is 0. The molecule has 7 heteroatoms. The number of carbonyl (C=O) groups is 2. The molecule has 138 valence electrons. The maximum Gasteiger partial charge on any atom is 0.338 e. The molecule has 3 aromatic rings. The Morgan fingerprint density at radius 2 is 1.81 bits per heavy atom. The van der Waals surface area contributed by atoms with Crippen LogP contribution in [0.3, 0.4) is 0 Å². The standard InChI is InChI=1S/C20H16ClNO5/c1-25-14-5-6-15(18(10-14)26-2)17(23)11-27-20(24)13-3-7-16-12(9-13)4-8-19(21)22-16/h3-10H,11H2,1-2H3. The van der Waals surface area contributed by atoms with Gasteiger partial charge in [0.2, 0.25) is 5.78 Å². The number of hydrogen-bond donors (Lipinski definition) is 0. The van der Waals surface area contributed by atoms with E-state index in [1.165, 1.54) is 14.2 Å². The Kier molecular flexibility index (Phi) is 5.57. The Hall–Kier alpha value is -3.12. The lowest BCUT2D eigenvalue weighted by Gasteiger charge is -2.10. The van der Waals surface area contributed by atoms with E-state index < -0.39 is 12.6 Å². The largest absolute Gasteiger partial charge is 0.497 e. The topological polar surface area (TPSA) is 74.7 Å². The minimum absolute atomic E-state index is 0.309. The van der Waals surface area contributed by atoms with E-state index in [0.29, 0.717) is 33.3 Å². The monoisotopic (exact) mass is 385 g/mol. The highest BCUT2D eigenvalue weighted by Crippen LogP contribution is 2.25. The summed E-state index contributed by atoms with van der Waals surface area (Å²) in [7, 11) is 2.97. The Bertz CT molecular complexity index is 1020. The summed E-state index contributed by atoms with van der Waals surface area (Å²) in [4.78, 5) is 28.8. The maximum absolute atomic E-state index is 12.4. The van der Waals surface area contributed by atoms with Crippen LogP contribution in [-0.2, 0) is 4.74 Å². The summed E-state index contributed by atoms with van der Waals surface area (Å²) in [6, 6.07) is 13.1. The molecule has 2 aromatic carbocycles. The Balaban J connectivity index is 1.72. The van der Waals surface area contributed by atoms with E-state index in [0.717, 1.165) is 5.39 Å². The third-order valence-electron chi connectivity index (χ3n) is 3.93. The molecule has 0 N–H and O–H groups in total. The van der Waals surface area contributed by atoms with Crippen LogP contribution in [0.2, 0.25) is 5.15 Å². The first kappa shape index (κ1) is 18.7. The molecule has 0 radical (unpaired) electrons. The minimum Gasteiger partial charge on any atom is -0.497 e. The second-order valence-electron chi connectivity index (χ2n) is 5.61. The average molecular weight is 386 g/mol. The van der Waals surface area contributed by atoms with Gasteiger partial charge in [0.25, 0.3) is 0 Å². The zero-order valence-corrected chi connectivity index (χ0v) is 15.4. The molecule has 0 fully saturated rings. The first-order valence-corrected chi connectivity index (χ1v) is 8.38. The molecular formula is C20H16ClNO5. The van der Waals surface area contributed by atoms with Crippen molar-refractivity contribution < 1.29 is 23.8 Å². The molecule has 0 aliphatic heterocycles. The van der Waals surface area contributed by atoms with Gasteiger partial charge in [-0.1, -0.05) is 11.6 Å². The van der Waals surface area contributed by atoms with Gasteiger partial charge in [0.1, 0.15) is 16.7 Å². The summed E-state index contributed by atoms with van der Waals surface area (Å²) < 4.78 is 15.5. The number of esters is 1. The molecular weight excluding hydrogens is 370 g/mol. The number of ketones is 1. The van der Waals surface area contributed by atoms with Gasteiger partial charge in [0, 0.05) is 11.5 Å². The lowest BCUT2D eigenvalue weighted by molar-refractivity contribution is 0.0474. The number of ether oxygens (including phenoxy) is 3. The van der Waals surface area contributed by atoms with Crippen LogP contribution < -0.4 is 9.47 Å². The number of halogens is 1. The number of methoxy groups -OCH3 is 2. The highest BCUT2D eigenvalue weighted by atomic mass is 35.5. The third kappa shape index (κ3) is 4.17. The van der Waals surface area contributed by atoms with E-state index in [1.54, 1.807) is 48.5 Å². The van der Waals surface area contributed by atoms with Crippen molar-refractivity contribution in [1.29, 1.82) is 0 Å². The van der Waals surface area contributed by atoms with Crippen LogP contribution in [0.1, 0.15) is 20.7 Å². The number of rotatable bonds is 6. The van der Waals surface area contributed by atoms with Crippen molar-refractivity contribution in [2.24, 2.45) is 0 Å². The summed E-state index contributed by atoms with van der Waals surface area (Å²) in [5, 5.41) is 1.12. The molecule has 0 saturated carbocycles. The average Bonchev–Trinajstić information content (AvgIpc) is 2.70. The van der Waals surface area contributed by atoms with Crippen molar-refractivity contribution in [2.45, 2.75) is 0 Å². The fourth-order valence-electron chi connectivity index (χ4n) is 2.55. The molecule has 0 aliphatic rings. The first-order chi connectivity index (χ1) is 13.0. The minimum atomic E-state index is -0.604. The maximum atomic E-state index is 12.4. The zero-order valence-electron chi connectivity index (χ0n) is 14.7. The Morgan fingerprint density at radius 1 is 1.00 bits per heavy atom. The predicted octanol–water partition coefficient (Wildman–Crippen LogP) is 3.95. The van der Waals surface area contributed by atoms with Crippen molar-refractivity contribution in [2.75, 3.05) is 20.8 Å². The van der Waals surface area contributed by atoms with Crippen LogP contribution in [-0.4, -0.2) is 37.6 Å². The van der Waals surface area contributed by atoms with Crippen LogP contribution in [0.25, 0.3) is 10.9 Å². The zero-order chi connectivity index (χ0) is 19.4. The third-order valence-corrected chi connectivity index (χ3v) is 4.14. The molecule has 0 amide bonds. The fraction of sp³-hybridized carbons (Fsp3) is 0.150. The number of hydrogen-bond acceptors (Lipinski definition) is 6. The van der Waals surface area contributed by atoms with E-state index in [-0.39, 0.29) is 5.78 Å². The van der Waals surface area contributed by atoms with Crippen molar-refractivity contribution in [1.82, 2.24) is 4.98 Å². The highest BCUT2D eigenvalue weighted by molar-refractivity contribution is 6.29. The number of aromatic nitrogens is 1. The van der Waals surface area contributed by atoms with Gasteiger partial charge in [-0.2, -0.15) is 0 Å². The molecule has 0 unspecified atom stereocenters. The van der Waals surface area contributed by atoms with Crippen LogP contribution in [0.15, 0.2) is 48.5 Å². The summed E-state index contributed by atoms with van der Waals surface area (Å²) >= 11 is 5.85. The lowest BCUT2D eigenvalue weighted by Crippen LogP contribution is -2.15. The van der Waals surface area contributed by atoms with Gasteiger partial charge in [0.05, 0.1) is 30.9 Å². The van der Waals surface area contributed by atoms with Crippen molar-refractivity contribution >= 4 is 34.3 Å². The van der Waals surface area contributed by atoms with Crippen molar-refractivity contribution in [3.63, 3.8) is 0 Å². The molecule has 0 aliphatic carbocycles. The van der Waals surface area contributed by atoms with E-state index in [2.05, 4.69) is 4.98 Å². The van der Waals surface area contributed by atoms with Gasteiger partial charge in [-0.25, -0.2) is 9.78 Å². The number of Topliss-reactive ketones (excluding diaryl/α,β-unsaturated/α-hetero) is 1. The summed E-state index contributed by atoms with van der Waals surface area (Å²) in [5.74, 6) is -0.0703. The van der Waals surface area contributed by atoms with E-state index in [1.807, 2.05) is 0 Å². The van der Waals surface area contributed by atoms with Crippen LogP contribution in [0.5, 0.6) is 11.5 Å². The SMILES string of the molecule is COc1ccc(C(=O)COC(=O)c2ccc3nc(Cl)ccc3c2)c(OC)c1. The summed E-state index contributed by atoms with van der Waals surface area (Å²) in [6.45, 7) is -0.404.